The molecule has 0 aromatic carbocycles. The molecule has 0 saturated heterocycles. The van der Waals surface area contributed by atoms with E-state index in [1.54, 1.807) is 13.8 Å². The lowest BCUT2D eigenvalue weighted by Crippen LogP contribution is -2.42. The van der Waals surface area contributed by atoms with E-state index in [4.69, 9.17) is 0 Å². The van der Waals surface area contributed by atoms with E-state index in [0.29, 0.717) is 11.2 Å². The van der Waals surface area contributed by atoms with E-state index in [9.17, 15) is 5.21 Å². The molecule has 0 amide bonds. The van der Waals surface area contributed by atoms with Crippen molar-refractivity contribution in [1.82, 2.24) is 19.9 Å². The third-order valence-corrected chi connectivity index (χ3v) is 2.95. The minimum absolute atomic E-state index is 0.278. The third kappa shape index (κ3) is 1.76. The van der Waals surface area contributed by atoms with Gasteiger partial charge in [0.25, 0.3) is 0 Å². The lowest BCUT2D eigenvalue weighted by atomic mass is 9.96. The van der Waals surface area contributed by atoms with E-state index in [1.807, 2.05) is 6.92 Å². The van der Waals surface area contributed by atoms with Crippen LogP contribution >= 0.6 is 0 Å². The average Bonchev–Trinajstić information content (AvgIpc) is 2.75. The Balaban J connectivity index is 2.53. The number of hydrogen-bond donors (Lipinski definition) is 1. The molecule has 0 aliphatic heterocycles. The van der Waals surface area contributed by atoms with Crippen molar-refractivity contribution >= 4 is 17.0 Å². The van der Waals surface area contributed by atoms with E-state index < -0.39 is 5.54 Å². The van der Waals surface area contributed by atoms with Crippen LogP contribution in [0.15, 0.2) is 24.8 Å². The van der Waals surface area contributed by atoms with Crippen molar-refractivity contribution in [3.05, 3.63) is 24.8 Å². The van der Waals surface area contributed by atoms with Crippen LogP contribution in [0.4, 0.5) is 5.82 Å². The van der Waals surface area contributed by atoms with Gasteiger partial charge >= 0.3 is 0 Å². The van der Waals surface area contributed by atoms with Gasteiger partial charge in [0.1, 0.15) is 11.8 Å². The standard InChI is InChI=1S/C11H14N5O/c1-7(2)11(3,4)16(17)10-8-9(13-5-12-8)14-6-15-10/h5-6H,1H2,2-4H3,(H,12,13,14,15). The maximum atomic E-state index is 12.3. The maximum Gasteiger partial charge on any atom is 0.185 e. The number of H-pyrrole nitrogens is 1. The largest absolute Gasteiger partial charge is 0.340 e. The van der Waals surface area contributed by atoms with Crippen molar-refractivity contribution in [3.63, 3.8) is 0 Å². The van der Waals surface area contributed by atoms with Crippen LogP contribution in [0, 0.1) is 0 Å². The first-order chi connectivity index (χ1) is 7.94. The number of aromatic amines is 1. The van der Waals surface area contributed by atoms with E-state index in [0.717, 1.165) is 10.6 Å². The average molecular weight is 232 g/mol. The summed E-state index contributed by atoms with van der Waals surface area (Å²) in [5, 5.41) is 13.2. The van der Waals surface area contributed by atoms with E-state index in [1.165, 1.54) is 12.7 Å². The van der Waals surface area contributed by atoms with E-state index >= 15 is 0 Å². The molecule has 17 heavy (non-hydrogen) atoms. The Labute approximate surface area is 99.0 Å². The Morgan fingerprint density at radius 2 is 2.12 bits per heavy atom. The molecule has 0 bridgehead atoms. The Bertz CT molecular complexity index is 560. The molecule has 2 rings (SSSR count). The van der Waals surface area contributed by atoms with E-state index in [2.05, 4.69) is 26.5 Å². The molecular formula is C11H14N5O. The van der Waals surface area contributed by atoms with Crippen LogP contribution in [0.3, 0.4) is 0 Å². The first-order valence-electron chi connectivity index (χ1n) is 5.22. The Kier molecular flexibility index (Phi) is 2.59. The summed E-state index contributed by atoms with van der Waals surface area (Å²) in [7, 11) is 0. The minimum Gasteiger partial charge on any atom is -0.340 e. The summed E-state index contributed by atoms with van der Waals surface area (Å²) < 4.78 is 0. The molecule has 0 unspecified atom stereocenters. The van der Waals surface area contributed by atoms with Gasteiger partial charge in [0, 0.05) is 0 Å². The van der Waals surface area contributed by atoms with Crippen molar-refractivity contribution in [2.24, 2.45) is 0 Å². The first-order valence-corrected chi connectivity index (χ1v) is 5.22. The van der Waals surface area contributed by atoms with Crippen molar-refractivity contribution in [3.8, 4) is 0 Å². The highest BCUT2D eigenvalue weighted by atomic mass is 16.5. The lowest BCUT2D eigenvalue weighted by Gasteiger charge is -2.32. The van der Waals surface area contributed by atoms with Crippen molar-refractivity contribution in [2.45, 2.75) is 26.3 Å². The van der Waals surface area contributed by atoms with Crippen molar-refractivity contribution in [1.29, 1.82) is 0 Å². The van der Waals surface area contributed by atoms with Gasteiger partial charge in [0.05, 0.1) is 11.9 Å². The summed E-state index contributed by atoms with van der Waals surface area (Å²) in [5.74, 6) is 0.278. The molecule has 89 valence electrons. The molecule has 0 aliphatic carbocycles. The number of imidazole rings is 1. The number of fused-ring (bicyclic) bond motifs is 1. The summed E-state index contributed by atoms with van der Waals surface area (Å²) >= 11 is 0. The highest BCUT2D eigenvalue weighted by molar-refractivity contribution is 5.82. The summed E-state index contributed by atoms with van der Waals surface area (Å²) in [6.45, 7) is 9.24. The molecule has 0 atom stereocenters. The molecule has 1 N–H and O–H groups in total. The van der Waals surface area contributed by atoms with Gasteiger partial charge in [-0.1, -0.05) is 17.4 Å². The normalized spacial score (nSPS) is 11.8. The molecule has 2 heterocycles. The topological polar surface area (TPSA) is 77.6 Å². The van der Waals surface area contributed by atoms with Gasteiger partial charge in [0.15, 0.2) is 11.5 Å². The molecule has 2 aromatic heterocycles. The number of hydrogen-bond acceptors (Lipinski definition) is 4. The highest BCUT2D eigenvalue weighted by Crippen LogP contribution is 2.29. The first kappa shape index (κ1) is 11.5. The minimum atomic E-state index is -0.730. The predicted octanol–water partition coefficient (Wildman–Crippen LogP) is 1.86. The molecule has 1 radical (unpaired) electrons. The fourth-order valence-corrected chi connectivity index (χ4v) is 1.34. The van der Waals surface area contributed by atoms with Gasteiger partial charge in [-0.2, -0.15) is 5.06 Å². The molecule has 0 spiro atoms. The number of anilines is 1. The summed E-state index contributed by atoms with van der Waals surface area (Å²) in [6, 6.07) is 0. The smallest absolute Gasteiger partial charge is 0.185 e. The molecule has 6 heteroatoms. The Morgan fingerprint density at radius 1 is 1.41 bits per heavy atom. The van der Waals surface area contributed by atoms with Gasteiger partial charge < -0.3 is 4.98 Å². The summed E-state index contributed by atoms with van der Waals surface area (Å²) in [5.41, 5.74) is 1.05. The Hall–Kier alpha value is -1.95. The van der Waals surface area contributed by atoms with Crippen LogP contribution in [0.25, 0.3) is 11.2 Å². The van der Waals surface area contributed by atoms with Crippen molar-refractivity contribution < 1.29 is 5.21 Å². The van der Waals surface area contributed by atoms with Gasteiger partial charge in [-0.25, -0.2) is 15.0 Å². The molecule has 0 aliphatic rings. The summed E-state index contributed by atoms with van der Waals surface area (Å²) in [6.07, 6.45) is 2.82. The number of hydroxylamine groups is 1. The third-order valence-electron chi connectivity index (χ3n) is 2.95. The SMILES string of the molecule is C=C(C)C(C)(C)N([O])c1ncnc2nc[nH]c12. The second-order valence-electron chi connectivity index (χ2n) is 4.43. The van der Waals surface area contributed by atoms with Gasteiger partial charge in [-0.15, -0.1) is 0 Å². The van der Waals surface area contributed by atoms with Crippen LogP contribution < -0.4 is 5.06 Å². The monoisotopic (exact) mass is 232 g/mol. The zero-order chi connectivity index (χ0) is 12.6. The second-order valence-corrected chi connectivity index (χ2v) is 4.43. The van der Waals surface area contributed by atoms with Gasteiger partial charge in [0.2, 0.25) is 0 Å². The quantitative estimate of drug-likeness (QED) is 0.647. The van der Waals surface area contributed by atoms with Crippen molar-refractivity contribution in [2.75, 3.05) is 5.06 Å². The zero-order valence-electron chi connectivity index (χ0n) is 10.1. The fraction of sp³-hybridized carbons (Fsp3) is 0.364. The number of nitrogens with zero attached hydrogens (tertiary/aromatic N) is 4. The van der Waals surface area contributed by atoms with Gasteiger partial charge in [-0.05, 0) is 20.8 Å². The lowest BCUT2D eigenvalue weighted by molar-refractivity contribution is 0.107. The van der Waals surface area contributed by atoms with Crippen LogP contribution in [-0.2, 0) is 5.21 Å². The maximum absolute atomic E-state index is 12.3. The second kappa shape index (κ2) is 3.81. The highest BCUT2D eigenvalue weighted by Gasteiger charge is 2.31. The van der Waals surface area contributed by atoms with Crippen LogP contribution in [0.5, 0.6) is 0 Å². The number of rotatable bonds is 3. The van der Waals surface area contributed by atoms with Crippen LogP contribution in [0.1, 0.15) is 20.8 Å². The zero-order valence-corrected chi connectivity index (χ0v) is 10.1. The number of aromatic nitrogens is 4. The van der Waals surface area contributed by atoms with Crippen LogP contribution in [-0.4, -0.2) is 25.5 Å². The fourth-order valence-electron chi connectivity index (χ4n) is 1.34. The molecule has 0 saturated carbocycles. The summed E-state index contributed by atoms with van der Waals surface area (Å²) in [4.78, 5) is 14.9. The molecular weight excluding hydrogens is 218 g/mol. The van der Waals surface area contributed by atoms with Crippen LogP contribution in [0.2, 0.25) is 0 Å². The van der Waals surface area contributed by atoms with E-state index in [-0.39, 0.29) is 5.82 Å². The number of nitrogens with one attached hydrogen (secondary N) is 1. The Morgan fingerprint density at radius 3 is 2.76 bits per heavy atom. The molecule has 2 aromatic rings. The molecule has 0 fully saturated rings. The van der Waals surface area contributed by atoms with Gasteiger partial charge in [-0.3, -0.25) is 0 Å². The molecule has 6 nitrogen and oxygen atoms in total. The predicted molar refractivity (Wildman–Crippen MR) is 63.7 cm³/mol.